The summed E-state index contributed by atoms with van der Waals surface area (Å²) in [6.45, 7) is 3.10. The molecule has 2 rings (SSSR count). The summed E-state index contributed by atoms with van der Waals surface area (Å²) in [5.41, 5.74) is 0.908. The third-order valence-corrected chi connectivity index (χ3v) is 3.73. The average molecular weight is 292 g/mol. The summed E-state index contributed by atoms with van der Waals surface area (Å²) in [5.74, 6) is -0.156. The number of aliphatic carboxylic acids is 1. The van der Waals surface area contributed by atoms with Crippen molar-refractivity contribution in [1.29, 1.82) is 0 Å². The van der Waals surface area contributed by atoms with E-state index in [0.717, 1.165) is 5.56 Å². The molecule has 1 atom stereocenters. The molecule has 1 fully saturated rings. The molecule has 21 heavy (non-hydrogen) atoms. The van der Waals surface area contributed by atoms with E-state index < -0.39 is 5.97 Å². The van der Waals surface area contributed by atoms with E-state index in [0.29, 0.717) is 25.4 Å². The van der Waals surface area contributed by atoms with Gasteiger partial charge in [-0.25, -0.2) is 0 Å². The van der Waals surface area contributed by atoms with Crippen molar-refractivity contribution in [3.8, 4) is 5.75 Å². The number of rotatable bonds is 4. The second-order valence-corrected chi connectivity index (χ2v) is 5.10. The van der Waals surface area contributed by atoms with Crippen LogP contribution in [0.4, 0.5) is 0 Å². The number of carbonyl (C=O) groups is 2. The molecule has 0 bridgehead atoms. The molecule has 1 amide bonds. The summed E-state index contributed by atoms with van der Waals surface area (Å²) in [6.07, 6.45) is 0. The number of para-hydroxylation sites is 1. The highest BCUT2D eigenvalue weighted by atomic mass is 16.5. The summed E-state index contributed by atoms with van der Waals surface area (Å²) < 4.78 is 5.37. The minimum Gasteiger partial charge on any atom is -0.496 e. The van der Waals surface area contributed by atoms with Gasteiger partial charge in [-0.3, -0.25) is 14.5 Å². The number of nitrogens with zero attached hydrogens (tertiary/aromatic N) is 2. The monoisotopic (exact) mass is 292 g/mol. The summed E-state index contributed by atoms with van der Waals surface area (Å²) in [4.78, 5) is 26.4. The number of carbonyl (C=O) groups excluding carboxylic acids is 1. The van der Waals surface area contributed by atoms with Crippen LogP contribution in [0.25, 0.3) is 0 Å². The van der Waals surface area contributed by atoms with Gasteiger partial charge in [0.1, 0.15) is 5.75 Å². The highest BCUT2D eigenvalue weighted by Gasteiger charge is 2.32. The van der Waals surface area contributed by atoms with Crippen molar-refractivity contribution in [1.82, 2.24) is 9.80 Å². The molecule has 1 saturated heterocycles. The van der Waals surface area contributed by atoms with Crippen LogP contribution in [0.15, 0.2) is 24.3 Å². The van der Waals surface area contributed by atoms with E-state index in [-0.39, 0.29) is 18.5 Å². The minimum atomic E-state index is -0.856. The number of hydrogen-bond donors (Lipinski definition) is 1. The van der Waals surface area contributed by atoms with Crippen molar-refractivity contribution in [2.75, 3.05) is 33.3 Å². The van der Waals surface area contributed by atoms with Crippen LogP contribution in [0.3, 0.4) is 0 Å². The Morgan fingerprint density at radius 1 is 1.33 bits per heavy atom. The molecule has 1 heterocycles. The van der Waals surface area contributed by atoms with Crippen LogP contribution in [-0.4, -0.2) is 60.1 Å². The van der Waals surface area contributed by atoms with E-state index in [1.165, 1.54) is 6.92 Å². The maximum Gasteiger partial charge on any atom is 0.317 e. The minimum absolute atomic E-state index is 0.0131. The first kappa shape index (κ1) is 15.3. The molecule has 0 spiro atoms. The molecular formula is C15H20N2O4. The van der Waals surface area contributed by atoms with Crippen LogP contribution in [0.2, 0.25) is 0 Å². The van der Waals surface area contributed by atoms with E-state index >= 15 is 0 Å². The van der Waals surface area contributed by atoms with E-state index in [2.05, 4.69) is 0 Å². The summed E-state index contributed by atoms with van der Waals surface area (Å²) in [5, 5.41) is 8.95. The van der Waals surface area contributed by atoms with E-state index in [1.54, 1.807) is 12.0 Å². The van der Waals surface area contributed by atoms with Crippen molar-refractivity contribution in [2.24, 2.45) is 0 Å². The zero-order chi connectivity index (χ0) is 15.4. The van der Waals surface area contributed by atoms with Crippen molar-refractivity contribution in [2.45, 2.75) is 13.0 Å². The Balaban J connectivity index is 2.29. The van der Waals surface area contributed by atoms with E-state index in [4.69, 9.17) is 9.84 Å². The average Bonchev–Trinajstić information content (AvgIpc) is 2.46. The largest absolute Gasteiger partial charge is 0.496 e. The van der Waals surface area contributed by atoms with Crippen LogP contribution < -0.4 is 4.74 Å². The lowest BCUT2D eigenvalue weighted by Crippen LogP contribution is -2.51. The number of hydrogen-bond acceptors (Lipinski definition) is 4. The highest BCUT2D eigenvalue weighted by molar-refractivity contribution is 5.74. The third-order valence-electron chi connectivity index (χ3n) is 3.73. The third kappa shape index (κ3) is 3.52. The van der Waals surface area contributed by atoms with Gasteiger partial charge in [0.2, 0.25) is 5.91 Å². The van der Waals surface area contributed by atoms with Crippen molar-refractivity contribution in [3.63, 3.8) is 0 Å². The predicted molar refractivity (Wildman–Crippen MR) is 77.2 cm³/mol. The van der Waals surface area contributed by atoms with E-state index in [9.17, 15) is 9.59 Å². The normalized spacial score (nSPS) is 19.3. The molecule has 0 unspecified atom stereocenters. The van der Waals surface area contributed by atoms with Gasteiger partial charge in [-0.05, 0) is 6.07 Å². The molecule has 6 heteroatoms. The topological polar surface area (TPSA) is 70.1 Å². The number of benzene rings is 1. The summed E-state index contributed by atoms with van der Waals surface area (Å²) in [7, 11) is 1.59. The van der Waals surface area contributed by atoms with Gasteiger partial charge < -0.3 is 14.7 Å². The fraction of sp³-hybridized carbons (Fsp3) is 0.467. The van der Waals surface area contributed by atoms with Gasteiger partial charge in [-0.1, -0.05) is 18.2 Å². The first-order chi connectivity index (χ1) is 10.0. The Kier molecular flexibility index (Phi) is 4.80. The molecule has 1 aliphatic heterocycles. The molecular weight excluding hydrogens is 272 g/mol. The molecule has 1 aromatic rings. The fourth-order valence-corrected chi connectivity index (χ4v) is 2.76. The fourth-order valence-electron chi connectivity index (χ4n) is 2.76. The first-order valence-corrected chi connectivity index (χ1v) is 6.87. The van der Waals surface area contributed by atoms with Crippen molar-refractivity contribution < 1.29 is 19.4 Å². The zero-order valence-corrected chi connectivity index (χ0v) is 12.3. The predicted octanol–water partition coefficient (Wildman–Crippen LogP) is 0.985. The van der Waals surface area contributed by atoms with Crippen LogP contribution in [0, 0.1) is 0 Å². The molecule has 0 aromatic heterocycles. The lowest BCUT2D eigenvalue weighted by Gasteiger charge is -2.41. The van der Waals surface area contributed by atoms with Crippen molar-refractivity contribution >= 4 is 11.9 Å². The Morgan fingerprint density at radius 3 is 2.67 bits per heavy atom. The molecule has 1 aromatic carbocycles. The number of carboxylic acids is 1. The Hall–Kier alpha value is -2.08. The molecule has 0 radical (unpaired) electrons. The lowest BCUT2D eigenvalue weighted by molar-refractivity contribution is -0.140. The van der Waals surface area contributed by atoms with Gasteiger partial charge in [0.25, 0.3) is 0 Å². The van der Waals surface area contributed by atoms with Crippen LogP contribution >= 0.6 is 0 Å². The number of carboxylic acid groups (broad SMARTS) is 1. The van der Waals surface area contributed by atoms with Gasteiger partial charge in [0.05, 0.1) is 19.7 Å². The molecule has 6 nitrogen and oxygen atoms in total. The van der Waals surface area contributed by atoms with E-state index in [1.807, 2.05) is 29.2 Å². The highest BCUT2D eigenvalue weighted by Crippen LogP contribution is 2.32. The number of piperazine rings is 1. The quantitative estimate of drug-likeness (QED) is 0.896. The molecule has 114 valence electrons. The SMILES string of the molecule is COc1ccccc1[C@@H]1CN(CC(=O)O)CCN1C(C)=O. The molecule has 1 N–H and O–H groups in total. The second kappa shape index (κ2) is 6.58. The summed E-state index contributed by atoms with van der Waals surface area (Å²) in [6, 6.07) is 7.35. The molecule has 1 aliphatic rings. The maximum atomic E-state index is 11.9. The van der Waals surface area contributed by atoms with Crippen molar-refractivity contribution in [3.05, 3.63) is 29.8 Å². The zero-order valence-electron chi connectivity index (χ0n) is 12.3. The smallest absolute Gasteiger partial charge is 0.317 e. The van der Waals surface area contributed by atoms with Crippen LogP contribution in [0.5, 0.6) is 5.75 Å². The van der Waals surface area contributed by atoms with Crippen LogP contribution in [-0.2, 0) is 9.59 Å². The summed E-state index contributed by atoms with van der Waals surface area (Å²) >= 11 is 0. The van der Waals surface area contributed by atoms with Gasteiger partial charge in [-0.2, -0.15) is 0 Å². The lowest BCUT2D eigenvalue weighted by atomic mass is 10.0. The number of ether oxygens (including phenoxy) is 1. The molecule has 0 saturated carbocycles. The number of methoxy groups -OCH3 is 1. The molecule has 0 aliphatic carbocycles. The standard InChI is InChI=1S/C15H20N2O4/c1-11(18)17-8-7-16(10-15(19)20)9-13(17)12-5-3-4-6-14(12)21-2/h3-6,13H,7-10H2,1-2H3,(H,19,20)/t13-/m0/s1. The Bertz CT molecular complexity index is 532. The maximum absolute atomic E-state index is 11.9. The first-order valence-electron chi connectivity index (χ1n) is 6.87. The van der Waals surface area contributed by atoms with Gasteiger partial charge in [-0.15, -0.1) is 0 Å². The van der Waals surface area contributed by atoms with Gasteiger partial charge in [0, 0.05) is 32.1 Å². The Morgan fingerprint density at radius 2 is 2.05 bits per heavy atom. The Labute approximate surface area is 123 Å². The van der Waals surface area contributed by atoms with Crippen LogP contribution in [0.1, 0.15) is 18.5 Å². The second-order valence-electron chi connectivity index (χ2n) is 5.10. The van der Waals surface area contributed by atoms with Gasteiger partial charge >= 0.3 is 5.97 Å². The number of amides is 1. The van der Waals surface area contributed by atoms with Gasteiger partial charge in [0.15, 0.2) is 0 Å².